The van der Waals surface area contributed by atoms with Crippen molar-refractivity contribution < 1.29 is 14.3 Å². The van der Waals surface area contributed by atoms with E-state index in [1.165, 1.54) is 16.9 Å². The zero-order chi connectivity index (χ0) is 21.8. The number of carbonyl (C=O) groups is 2. The fourth-order valence-corrected chi connectivity index (χ4v) is 3.17. The van der Waals surface area contributed by atoms with Crippen molar-refractivity contribution in [3.05, 3.63) is 75.4 Å². The Hall–Kier alpha value is -3.39. The Morgan fingerprint density at radius 1 is 1.20 bits per heavy atom. The van der Waals surface area contributed by atoms with Crippen LogP contribution >= 0.6 is 11.6 Å². The van der Waals surface area contributed by atoms with Gasteiger partial charge in [-0.05, 0) is 37.6 Å². The standard InChI is InChI=1S/C21H21ClN4O4/c1-4-16(30-21(29)15-11-8-12-23-18(15)22)19(27)24-17-13(2)25(3)26(20(17)28)14-9-6-5-7-10-14/h5-12,16H,4H2,1-3H3,(H,24,27). The molecule has 0 aliphatic rings. The van der Waals surface area contributed by atoms with Crippen LogP contribution < -0.4 is 10.9 Å². The highest BCUT2D eigenvalue weighted by Gasteiger charge is 2.26. The van der Waals surface area contributed by atoms with Gasteiger partial charge in [0.15, 0.2) is 6.10 Å². The molecule has 8 nitrogen and oxygen atoms in total. The number of ether oxygens (including phenoxy) is 1. The molecule has 0 saturated carbocycles. The second-order valence-corrected chi connectivity index (χ2v) is 6.93. The molecule has 0 fully saturated rings. The number of carbonyl (C=O) groups excluding carboxylic acids is 2. The van der Waals surface area contributed by atoms with Crippen LogP contribution in [0.3, 0.4) is 0 Å². The summed E-state index contributed by atoms with van der Waals surface area (Å²) in [5, 5.41) is 2.60. The first-order chi connectivity index (χ1) is 14.3. The number of hydrogen-bond acceptors (Lipinski definition) is 5. The van der Waals surface area contributed by atoms with Crippen LogP contribution in [-0.2, 0) is 16.6 Å². The molecule has 0 aliphatic carbocycles. The Morgan fingerprint density at radius 3 is 2.53 bits per heavy atom. The van der Waals surface area contributed by atoms with E-state index >= 15 is 0 Å². The Morgan fingerprint density at radius 2 is 1.90 bits per heavy atom. The van der Waals surface area contributed by atoms with E-state index in [-0.39, 0.29) is 28.4 Å². The third-order valence-corrected chi connectivity index (χ3v) is 5.00. The van der Waals surface area contributed by atoms with E-state index in [1.807, 2.05) is 18.2 Å². The lowest BCUT2D eigenvalue weighted by molar-refractivity contribution is -0.124. The molecule has 0 aliphatic heterocycles. The van der Waals surface area contributed by atoms with Gasteiger partial charge in [-0.3, -0.25) is 14.3 Å². The molecule has 30 heavy (non-hydrogen) atoms. The van der Waals surface area contributed by atoms with Crippen molar-refractivity contribution in [1.29, 1.82) is 0 Å². The summed E-state index contributed by atoms with van der Waals surface area (Å²) in [6.45, 7) is 3.42. The van der Waals surface area contributed by atoms with Gasteiger partial charge >= 0.3 is 5.97 Å². The van der Waals surface area contributed by atoms with Crippen molar-refractivity contribution in [2.75, 3.05) is 5.32 Å². The smallest absolute Gasteiger partial charge is 0.342 e. The molecular weight excluding hydrogens is 408 g/mol. The number of anilines is 1. The molecule has 3 rings (SSSR count). The van der Waals surface area contributed by atoms with Gasteiger partial charge in [0.25, 0.3) is 11.5 Å². The van der Waals surface area contributed by atoms with Gasteiger partial charge in [-0.2, -0.15) is 0 Å². The van der Waals surface area contributed by atoms with Crippen LogP contribution in [0.2, 0.25) is 5.15 Å². The Labute approximate surface area is 178 Å². The fourth-order valence-electron chi connectivity index (χ4n) is 2.97. The quantitative estimate of drug-likeness (QED) is 0.480. The lowest BCUT2D eigenvalue weighted by Gasteiger charge is -2.16. The molecule has 1 N–H and O–H groups in total. The van der Waals surface area contributed by atoms with Gasteiger partial charge in [-0.15, -0.1) is 0 Å². The minimum atomic E-state index is -1.10. The summed E-state index contributed by atoms with van der Waals surface area (Å²) < 4.78 is 8.41. The predicted octanol–water partition coefficient (Wildman–Crippen LogP) is 3.11. The average molecular weight is 429 g/mol. The zero-order valence-corrected chi connectivity index (χ0v) is 17.5. The number of esters is 1. The lowest BCUT2D eigenvalue weighted by Crippen LogP contribution is -2.34. The molecule has 0 saturated heterocycles. The average Bonchev–Trinajstić information content (AvgIpc) is 2.95. The monoisotopic (exact) mass is 428 g/mol. The van der Waals surface area contributed by atoms with Crippen LogP contribution in [0, 0.1) is 6.92 Å². The lowest BCUT2D eigenvalue weighted by atomic mass is 10.2. The zero-order valence-electron chi connectivity index (χ0n) is 16.8. The number of pyridine rings is 1. The Kier molecular flexibility index (Phi) is 6.37. The maximum absolute atomic E-state index is 12.9. The minimum absolute atomic E-state index is 0.0117. The maximum Gasteiger partial charge on any atom is 0.342 e. The number of hydrogen-bond donors (Lipinski definition) is 1. The molecule has 3 aromatic rings. The van der Waals surface area contributed by atoms with Crippen LogP contribution in [0.5, 0.6) is 0 Å². The largest absolute Gasteiger partial charge is 0.449 e. The number of amides is 1. The number of para-hydroxylation sites is 1. The first-order valence-electron chi connectivity index (χ1n) is 9.31. The van der Waals surface area contributed by atoms with Crippen molar-refractivity contribution in [2.45, 2.75) is 26.4 Å². The molecule has 1 aromatic carbocycles. The van der Waals surface area contributed by atoms with Crippen molar-refractivity contribution in [3.8, 4) is 5.69 Å². The number of halogens is 1. The first-order valence-corrected chi connectivity index (χ1v) is 9.69. The van der Waals surface area contributed by atoms with Gasteiger partial charge in [0.1, 0.15) is 10.8 Å². The highest BCUT2D eigenvalue weighted by molar-refractivity contribution is 6.32. The predicted molar refractivity (Wildman–Crippen MR) is 113 cm³/mol. The SMILES string of the molecule is CCC(OC(=O)c1cccnc1Cl)C(=O)Nc1c(C)n(C)n(-c2ccccc2)c1=O. The number of nitrogens with zero attached hydrogens (tertiary/aromatic N) is 3. The van der Waals surface area contributed by atoms with Crippen molar-refractivity contribution in [2.24, 2.45) is 7.05 Å². The van der Waals surface area contributed by atoms with Gasteiger partial charge in [-0.25, -0.2) is 14.5 Å². The molecule has 0 bridgehead atoms. The number of rotatable bonds is 6. The summed E-state index contributed by atoms with van der Waals surface area (Å²) in [6.07, 6.45) is 0.561. The van der Waals surface area contributed by atoms with Gasteiger partial charge in [0, 0.05) is 13.2 Å². The number of benzene rings is 1. The first kappa shape index (κ1) is 21.3. The summed E-state index contributed by atoms with van der Waals surface area (Å²) in [5.41, 5.74) is 1.03. The highest BCUT2D eigenvalue weighted by Crippen LogP contribution is 2.17. The van der Waals surface area contributed by atoms with Crippen LogP contribution in [0.4, 0.5) is 5.69 Å². The summed E-state index contributed by atoms with van der Waals surface area (Å²) in [7, 11) is 1.72. The summed E-state index contributed by atoms with van der Waals surface area (Å²) in [5.74, 6) is -1.36. The summed E-state index contributed by atoms with van der Waals surface area (Å²) in [6, 6.07) is 12.1. The van der Waals surface area contributed by atoms with Gasteiger partial charge in [0.05, 0.1) is 16.9 Å². The topological polar surface area (TPSA) is 95.2 Å². The van der Waals surface area contributed by atoms with Crippen molar-refractivity contribution >= 4 is 29.2 Å². The summed E-state index contributed by atoms with van der Waals surface area (Å²) >= 11 is 5.92. The molecule has 2 aromatic heterocycles. The van der Waals surface area contributed by atoms with Gasteiger partial charge in [0.2, 0.25) is 0 Å². The number of aromatic nitrogens is 3. The van der Waals surface area contributed by atoms with Crippen molar-refractivity contribution in [1.82, 2.24) is 14.3 Å². The normalized spacial score (nSPS) is 11.7. The van der Waals surface area contributed by atoms with Gasteiger partial charge < -0.3 is 10.1 Å². The third kappa shape index (κ3) is 4.13. The molecule has 0 spiro atoms. The second-order valence-electron chi connectivity index (χ2n) is 6.57. The molecule has 156 valence electrons. The Balaban J connectivity index is 1.83. The van der Waals surface area contributed by atoms with Crippen LogP contribution in [0.15, 0.2) is 53.5 Å². The van der Waals surface area contributed by atoms with E-state index in [1.54, 1.807) is 43.8 Å². The van der Waals surface area contributed by atoms with Crippen LogP contribution in [-0.4, -0.2) is 32.3 Å². The van der Waals surface area contributed by atoms with E-state index in [9.17, 15) is 14.4 Å². The highest BCUT2D eigenvalue weighted by atomic mass is 35.5. The van der Waals surface area contributed by atoms with Crippen LogP contribution in [0.1, 0.15) is 29.4 Å². The number of nitrogens with one attached hydrogen (secondary N) is 1. The molecule has 0 radical (unpaired) electrons. The van der Waals surface area contributed by atoms with E-state index < -0.39 is 18.0 Å². The van der Waals surface area contributed by atoms with Crippen molar-refractivity contribution in [3.63, 3.8) is 0 Å². The second kappa shape index (κ2) is 8.96. The maximum atomic E-state index is 12.9. The van der Waals surface area contributed by atoms with Crippen LogP contribution in [0.25, 0.3) is 5.69 Å². The summed E-state index contributed by atoms with van der Waals surface area (Å²) in [4.78, 5) is 41.9. The molecule has 1 amide bonds. The molecular formula is C21H21ClN4O4. The minimum Gasteiger partial charge on any atom is -0.449 e. The molecule has 1 atom stereocenters. The van der Waals surface area contributed by atoms with Gasteiger partial charge in [-0.1, -0.05) is 36.7 Å². The molecule has 9 heteroatoms. The van der Waals surface area contributed by atoms with E-state index in [0.717, 1.165) is 0 Å². The van der Waals surface area contributed by atoms with E-state index in [0.29, 0.717) is 11.4 Å². The molecule has 2 heterocycles. The molecule has 1 unspecified atom stereocenters. The fraction of sp³-hybridized carbons (Fsp3) is 0.238. The third-order valence-electron chi connectivity index (χ3n) is 4.69. The Bertz CT molecular complexity index is 1140. The van der Waals surface area contributed by atoms with E-state index in [4.69, 9.17) is 16.3 Å². The van der Waals surface area contributed by atoms with E-state index in [2.05, 4.69) is 10.3 Å².